The molecule has 0 atom stereocenters. The number of amides is 1. The van der Waals surface area contributed by atoms with E-state index in [1.165, 1.54) is 62.6 Å². The Kier molecular flexibility index (Phi) is 9.49. The van der Waals surface area contributed by atoms with Crippen LogP contribution in [0.25, 0.3) is 0 Å². The molecule has 4 heteroatoms. The minimum atomic E-state index is -0.701. The first-order chi connectivity index (χ1) is 11.1. The second-order valence-corrected chi connectivity index (χ2v) is 6.13. The van der Waals surface area contributed by atoms with Crippen LogP contribution in [0.15, 0.2) is 18.2 Å². The molecule has 0 bridgehead atoms. The molecule has 0 spiro atoms. The summed E-state index contributed by atoms with van der Waals surface area (Å²) in [5, 5.41) is 0. The Hall–Kier alpha value is -1.45. The molecule has 130 valence electrons. The molecule has 0 saturated heterocycles. The van der Waals surface area contributed by atoms with Crippen LogP contribution >= 0.6 is 0 Å². The molecular weight excluding hydrogens is 296 g/mol. The van der Waals surface area contributed by atoms with Gasteiger partial charge in [0.25, 0.3) is 0 Å². The lowest BCUT2D eigenvalue weighted by molar-refractivity contribution is -0.118. The fourth-order valence-corrected chi connectivity index (χ4v) is 2.64. The van der Waals surface area contributed by atoms with Gasteiger partial charge >= 0.3 is 0 Å². The van der Waals surface area contributed by atoms with E-state index in [-0.39, 0.29) is 11.6 Å². The molecule has 0 aliphatic heterocycles. The predicted molar refractivity (Wildman–Crippen MR) is 91.6 cm³/mol. The quantitative estimate of drug-likeness (QED) is 0.467. The Balaban J connectivity index is 2.18. The molecule has 0 N–H and O–H groups in total. The number of carbonyl (C=O) groups is 1. The summed E-state index contributed by atoms with van der Waals surface area (Å²) in [5.41, 5.74) is 0.132. The lowest BCUT2D eigenvalue weighted by Crippen LogP contribution is -2.26. The van der Waals surface area contributed by atoms with Crippen molar-refractivity contribution in [2.24, 2.45) is 0 Å². The number of rotatable bonds is 11. The van der Waals surface area contributed by atoms with Crippen molar-refractivity contribution < 1.29 is 13.6 Å². The van der Waals surface area contributed by atoms with Gasteiger partial charge in [0.05, 0.1) is 5.69 Å². The molecule has 0 heterocycles. The largest absolute Gasteiger partial charge is 0.313 e. The summed E-state index contributed by atoms with van der Waals surface area (Å²) in [5.74, 6) is -1.46. The normalized spacial score (nSPS) is 10.8. The topological polar surface area (TPSA) is 20.3 Å². The number of halogens is 2. The summed E-state index contributed by atoms with van der Waals surface area (Å²) in [6.07, 6.45) is 11.1. The van der Waals surface area contributed by atoms with Gasteiger partial charge in [-0.2, -0.15) is 0 Å². The second kappa shape index (κ2) is 11.1. The Morgan fingerprint density at radius 2 is 1.52 bits per heavy atom. The minimum Gasteiger partial charge on any atom is -0.313 e. The summed E-state index contributed by atoms with van der Waals surface area (Å²) in [7, 11) is 1.53. The molecule has 0 fully saturated rings. The molecular formula is C19H29F2NO. The van der Waals surface area contributed by atoms with E-state index in [1.54, 1.807) is 0 Å². The van der Waals surface area contributed by atoms with Crippen LogP contribution < -0.4 is 4.90 Å². The van der Waals surface area contributed by atoms with E-state index >= 15 is 0 Å². The van der Waals surface area contributed by atoms with Crippen molar-refractivity contribution in [1.29, 1.82) is 0 Å². The smallest absolute Gasteiger partial charge is 0.226 e. The highest BCUT2D eigenvalue weighted by atomic mass is 19.1. The first-order valence-corrected chi connectivity index (χ1v) is 8.78. The van der Waals surface area contributed by atoms with Gasteiger partial charge < -0.3 is 4.90 Å². The third-order valence-electron chi connectivity index (χ3n) is 4.14. The zero-order valence-corrected chi connectivity index (χ0v) is 14.4. The zero-order valence-electron chi connectivity index (χ0n) is 14.4. The van der Waals surface area contributed by atoms with Crippen molar-refractivity contribution in [3.05, 3.63) is 29.8 Å². The van der Waals surface area contributed by atoms with E-state index in [2.05, 4.69) is 6.92 Å². The van der Waals surface area contributed by atoms with Crippen LogP contribution in [-0.2, 0) is 4.79 Å². The standard InChI is InChI=1S/C19H29F2NO/c1-3-4-5-6-7-8-9-10-11-12-19(23)22(2)18-14-13-16(20)15-17(18)21/h13-15H,3-12H2,1-2H3. The number of unbranched alkanes of at least 4 members (excludes halogenated alkanes) is 8. The highest BCUT2D eigenvalue weighted by molar-refractivity contribution is 5.92. The molecule has 1 aromatic rings. The van der Waals surface area contributed by atoms with Gasteiger partial charge in [-0.05, 0) is 18.6 Å². The van der Waals surface area contributed by atoms with Crippen molar-refractivity contribution in [3.63, 3.8) is 0 Å². The first kappa shape index (κ1) is 19.6. The maximum Gasteiger partial charge on any atom is 0.226 e. The van der Waals surface area contributed by atoms with Crippen molar-refractivity contribution in [2.45, 2.75) is 71.1 Å². The van der Waals surface area contributed by atoms with Crippen LogP contribution in [0.3, 0.4) is 0 Å². The minimum absolute atomic E-state index is 0.126. The van der Waals surface area contributed by atoms with Gasteiger partial charge in [-0.1, -0.05) is 58.3 Å². The SMILES string of the molecule is CCCCCCCCCCCC(=O)N(C)c1ccc(F)cc1F. The van der Waals surface area contributed by atoms with E-state index in [1.807, 2.05) is 0 Å². The van der Waals surface area contributed by atoms with Crippen molar-refractivity contribution in [2.75, 3.05) is 11.9 Å². The molecule has 0 aliphatic rings. The van der Waals surface area contributed by atoms with E-state index in [9.17, 15) is 13.6 Å². The monoisotopic (exact) mass is 325 g/mol. The maximum absolute atomic E-state index is 13.6. The Labute approximate surface area is 138 Å². The van der Waals surface area contributed by atoms with Crippen LogP contribution in [0.1, 0.15) is 71.1 Å². The summed E-state index contributed by atoms with van der Waals surface area (Å²) in [4.78, 5) is 13.3. The number of hydrogen-bond donors (Lipinski definition) is 0. The summed E-state index contributed by atoms with van der Waals surface area (Å²) in [6, 6.07) is 3.28. The first-order valence-electron chi connectivity index (χ1n) is 8.78. The molecule has 0 unspecified atom stereocenters. The van der Waals surface area contributed by atoms with Gasteiger partial charge in [0, 0.05) is 19.5 Å². The fourth-order valence-electron chi connectivity index (χ4n) is 2.64. The summed E-state index contributed by atoms with van der Waals surface area (Å²) < 4.78 is 26.5. The average molecular weight is 325 g/mol. The molecule has 0 saturated carbocycles. The third kappa shape index (κ3) is 7.58. The maximum atomic E-state index is 13.6. The van der Waals surface area contributed by atoms with E-state index in [4.69, 9.17) is 0 Å². The molecule has 0 radical (unpaired) electrons. The highest BCUT2D eigenvalue weighted by Gasteiger charge is 2.14. The number of carbonyl (C=O) groups excluding carboxylic acids is 1. The third-order valence-corrected chi connectivity index (χ3v) is 4.14. The zero-order chi connectivity index (χ0) is 17.1. The second-order valence-electron chi connectivity index (χ2n) is 6.13. The number of hydrogen-bond acceptors (Lipinski definition) is 1. The molecule has 0 aromatic heterocycles. The molecule has 1 amide bonds. The lowest BCUT2D eigenvalue weighted by atomic mass is 10.1. The Morgan fingerprint density at radius 1 is 0.957 bits per heavy atom. The van der Waals surface area contributed by atoms with Crippen molar-refractivity contribution in [1.82, 2.24) is 0 Å². The Bertz CT molecular complexity index is 476. The number of nitrogens with zero attached hydrogens (tertiary/aromatic N) is 1. The van der Waals surface area contributed by atoms with Crippen LogP contribution in [0.5, 0.6) is 0 Å². The predicted octanol–water partition coefficient (Wildman–Crippen LogP) is 5.85. The van der Waals surface area contributed by atoms with Gasteiger partial charge in [0.1, 0.15) is 11.6 Å². The Morgan fingerprint density at radius 3 is 2.09 bits per heavy atom. The van der Waals surface area contributed by atoms with Gasteiger partial charge in [0.2, 0.25) is 5.91 Å². The molecule has 1 aromatic carbocycles. The number of benzene rings is 1. The van der Waals surface area contributed by atoms with Crippen molar-refractivity contribution in [3.8, 4) is 0 Å². The molecule has 0 aliphatic carbocycles. The van der Waals surface area contributed by atoms with E-state index in [0.29, 0.717) is 6.42 Å². The number of anilines is 1. The molecule has 23 heavy (non-hydrogen) atoms. The van der Waals surface area contributed by atoms with Gasteiger partial charge in [0.15, 0.2) is 0 Å². The van der Waals surface area contributed by atoms with Crippen LogP contribution in [0.2, 0.25) is 0 Å². The van der Waals surface area contributed by atoms with E-state index in [0.717, 1.165) is 25.3 Å². The lowest BCUT2D eigenvalue weighted by Gasteiger charge is -2.18. The van der Waals surface area contributed by atoms with Gasteiger partial charge in [-0.15, -0.1) is 0 Å². The average Bonchev–Trinajstić information content (AvgIpc) is 2.52. The van der Waals surface area contributed by atoms with Crippen LogP contribution in [0, 0.1) is 11.6 Å². The van der Waals surface area contributed by atoms with Crippen molar-refractivity contribution >= 4 is 11.6 Å². The molecule has 1 rings (SSSR count). The van der Waals surface area contributed by atoms with Gasteiger partial charge in [-0.3, -0.25) is 4.79 Å². The van der Waals surface area contributed by atoms with Crippen LogP contribution in [-0.4, -0.2) is 13.0 Å². The van der Waals surface area contributed by atoms with Gasteiger partial charge in [-0.25, -0.2) is 8.78 Å². The summed E-state index contributed by atoms with van der Waals surface area (Å²) in [6.45, 7) is 2.21. The summed E-state index contributed by atoms with van der Waals surface area (Å²) >= 11 is 0. The van der Waals surface area contributed by atoms with E-state index < -0.39 is 11.6 Å². The highest BCUT2D eigenvalue weighted by Crippen LogP contribution is 2.20. The fraction of sp³-hybridized carbons (Fsp3) is 0.632. The van der Waals surface area contributed by atoms with Crippen LogP contribution in [0.4, 0.5) is 14.5 Å². The molecule has 2 nitrogen and oxygen atoms in total.